The largest absolute Gasteiger partial charge is 0.378 e. The summed E-state index contributed by atoms with van der Waals surface area (Å²) < 4.78 is 0. The van der Waals surface area contributed by atoms with Crippen molar-refractivity contribution in [1.82, 2.24) is 4.90 Å². The Hall–Kier alpha value is -2.55. The number of carbonyl (C=O) groups is 2. The summed E-state index contributed by atoms with van der Waals surface area (Å²) in [6, 6.07) is 9.48. The predicted molar refractivity (Wildman–Crippen MR) is 75.3 cm³/mol. The van der Waals surface area contributed by atoms with Crippen LogP contribution in [0.15, 0.2) is 24.3 Å². The minimum atomic E-state index is -0.334. The van der Waals surface area contributed by atoms with Gasteiger partial charge in [-0.15, -0.1) is 0 Å². The molecule has 20 heavy (non-hydrogen) atoms. The third-order valence-electron chi connectivity index (χ3n) is 3.21. The molecule has 0 bridgehead atoms. The van der Waals surface area contributed by atoms with Crippen LogP contribution in [-0.4, -0.2) is 50.4 Å². The van der Waals surface area contributed by atoms with Crippen molar-refractivity contribution in [2.24, 2.45) is 0 Å². The zero-order chi connectivity index (χ0) is 14.7. The third-order valence-corrected chi connectivity index (χ3v) is 3.21. The minimum Gasteiger partial charge on any atom is -0.378 e. The molecular weight excluding hydrogens is 256 g/mol. The highest BCUT2D eigenvalue weighted by Crippen LogP contribution is 2.21. The Bertz CT molecular complexity index is 542. The second kappa shape index (κ2) is 5.61. The van der Waals surface area contributed by atoms with Gasteiger partial charge in [0.25, 0.3) is 0 Å². The molecule has 2 rings (SSSR count). The van der Waals surface area contributed by atoms with Crippen molar-refractivity contribution >= 4 is 23.2 Å². The summed E-state index contributed by atoms with van der Waals surface area (Å²) in [6.07, 6.45) is 0. The summed E-state index contributed by atoms with van der Waals surface area (Å²) in [5, 5.41) is 8.61. The van der Waals surface area contributed by atoms with Crippen LogP contribution < -0.4 is 9.80 Å². The van der Waals surface area contributed by atoms with Crippen LogP contribution in [-0.2, 0) is 9.59 Å². The number of benzene rings is 1. The van der Waals surface area contributed by atoms with Crippen LogP contribution in [0.25, 0.3) is 0 Å². The second-order valence-electron chi connectivity index (χ2n) is 4.80. The summed E-state index contributed by atoms with van der Waals surface area (Å²) in [6.45, 7) is 0.0640. The topological polar surface area (TPSA) is 67.7 Å². The number of rotatable bonds is 3. The van der Waals surface area contributed by atoms with Crippen molar-refractivity contribution < 1.29 is 9.59 Å². The van der Waals surface area contributed by atoms with E-state index < -0.39 is 0 Å². The Morgan fingerprint density at radius 3 is 2.15 bits per heavy atom. The van der Waals surface area contributed by atoms with Crippen LogP contribution in [0, 0.1) is 11.3 Å². The van der Waals surface area contributed by atoms with Gasteiger partial charge in [-0.1, -0.05) is 0 Å². The Labute approximate surface area is 117 Å². The third kappa shape index (κ3) is 2.72. The van der Waals surface area contributed by atoms with Crippen LogP contribution in [0.3, 0.4) is 0 Å². The normalized spacial score (nSPS) is 15.2. The lowest BCUT2D eigenvalue weighted by molar-refractivity contribution is -0.144. The maximum atomic E-state index is 11.9. The fourth-order valence-corrected chi connectivity index (χ4v) is 2.08. The number of imide groups is 1. The predicted octanol–water partition coefficient (Wildman–Crippen LogP) is 0.451. The Morgan fingerprint density at radius 2 is 1.70 bits per heavy atom. The molecule has 104 valence electrons. The first-order chi connectivity index (χ1) is 9.52. The van der Waals surface area contributed by atoms with E-state index in [9.17, 15) is 9.59 Å². The van der Waals surface area contributed by atoms with Gasteiger partial charge >= 0.3 is 0 Å². The van der Waals surface area contributed by atoms with Gasteiger partial charge in [-0.05, 0) is 24.3 Å². The zero-order valence-corrected chi connectivity index (χ0v) is 11.5. The molecule has 1 aliphatic rings. The van der Waals surface area contributed by atoms with Gasteiger partial charge in [-0.2, -0.15) is 5.26 Å². The minimum absolute atomic E-state index is 0.120. The average Bonchev–Trinajstić information content (AvgIpc) is 2.42. The number of nitrogens with zero attached hydrogens (tertiary/aromatic N) is 4. The van der Waals surface area contributed by atoms with Crippen LogP contribution in [0.5, 0.6) is 0 Å². The summed E-state index contributed by atoms with van der Waals surface area (Å²) in [5.74, 6) is -0.668. The zero-order valence-electron chi connectivity index (χ0n) is 11.5. The molecule has 0 aromatic heterocycles. The van der Waals surface area contributed by atoms with Gasteiger partial charge in [0, 0.05) is 25.5 Å². The van der Waals surface area contributed by atoms with Gasteiger partial charge in [0.15, 0.2) is 0 Å². The molecule has 0 saturated carbocycles. The van der Waals surface area contributed by atoms with Gasteiger partial charge in [0.2, 0.25) is 11.8 Å². The molecule has 6 nitrogen and oxygen atoms in total. The lowest BCUT2D eigenvalue weighted by atomic mass is 10.2. The van der Waals surface area contributed by atoms with Crippen LogP contribution in [0.2, 0.25) is 0 Å². The second-order valence-corrected chi connectivity index (χ2v) is 4.80. The van der Waals surface area contributed by atoms with E-state index in [-0.39, 0.29) is 31.4 Å². The van der Waals surface area contributed by atoms with Gasteiger partial charge in [-0.3, -0.25) is 14.5 Å². The van der Waals surface area contributed by atoms with Crippen molar-refractivity contribution in [3.8, 4) is 6.07 Å². The van der Waals surface area contributed by atoms with E-state index in [2.05, 4.69) is 0 Å². The molecule has 0 spiro atoms. The summed E-state index contributed by atoms with van der Waals surface area (Å²) in [7, 11) is 3.89. The number of anilines is 2. The van der Waals surface area contributed by atoms with Crippen molar-refractivity contribution in [3.63, 3.8) is 0 Å². The molecule has 6 heteroatoms. The van der Waals surface area contributed by atoms with Gasteiger partial charge < -0.3 is 9.80 Å². The molecule has 1 fully saturated rings. The molecule has 0 radical (unpaired) electrons. The molecular formula is C14H16N4O2. The van der Waals surface area contributed by atoms with Crippen molar-refractivity contribution in [3.05, 3.63) is 24.3 Å². The van der Waals surface area contributed by atoms with E-state index in [0.29, 0.717) is 0 Å². The lowest BCUT2D eigenvalue weighted by Gasteiger charge is -2.33. The maximum Gasteiger partial charge on any atom is 0.249 e. The molecule has 2 amide bonds. The van der Waals surface area contributed by atoms with Crippen molar-refractivity contribution in [2.75, 3.05) is 43.5 Å². The fourth-order valence-electron chi connectivity index (χ4n) is 2.08. The van der Waals surface area contributed by atoms with Gasteiger partial charge in [-0.25, -0.2) is 0 Å². The highest BCUT2D eigenvalue weighted by Gasteiger charge is 2.30. The molecule has 1 aromatic rings. The molecule has 0 N–H and O–H groups in total. The van der Waals surface area contributed by atoms with E-state index in [0.717, 1.165) is 16.3 Å². The smallest absolute Gasteiger partial charge is 0.249 e. The summed E-state index contributed by atoms with van der Waals surface area (Å²) in [4.78, 5) is 28.4. The fraction of sp³-hybridized carbons (Fsp3) is 0.357. The monoisotopic (exact) mass is 272 g/mol. The van der Waals surface area contributed by atoms with Gasteiger partial charge in [0.05, 0.1) is 19.2 Å². The first-order valence-electron chi connectivity index (χ1n) is 6.25. The first-order valence-corrected chi connectivity index (χ1v) is 6.25. The number of nitriles is 1. The molecule has 1 saturated heterocycles. The number of hydrogen-bond donors (Lipinski definition) is 0. The number of carbonyl (C=O) groups excluding carboxylic acids is 2. The Balaban J connectivity index is 2.14. The molecule has 0 aliphatic carbocycles. The Kier molecular flexibility index (Phi) is 3.89. The molecule has 0 unspecified atom stereocenters. The Morgan fingerprint density at radius 1 is 1.15 bits per heavy atom. The van der Waals surface area contributed by atoms with Crippen molar-refractivity contribution in [1.29, 1.82) is 5.26 Å². The molecule has 1 aromatic carbocycles. The van der Waals surface area contributed by atoms with Crippen molar-refractivity contribution in [2.45, 2.75) is 0 Å². The number of piperazine rings is 1. The van der Waals surface area contributed by atoms with E-state index in [1.54, 1.807) is 4.90 Å². The molecule has 0 atom stereocenters. The number of amides is 2. The SMILES string of the molecule is CN(C)c1ccc(N2CC(=O)N(CC#N)C(=O)C2)cc1. The lowest BCUT2D eigenvalue weighted by Crippen LogP contribution is -2.54. The standard InChI is InChI=1S/C14H16N4O2/c1-16(2)11-3-5-12(6-4-11)17-9-13(19)18(8-7-15)14(20)10-17/h3-6H,8-10H2,1-2H3. The van der Waals surface area contributed by atoms with Gasteiger partial charge in [0.1, 0.15) is 6.54 Å². The van der Waals surface area contributed by atoms with E-state index >= 15 is 0 Å². The highest BCUT2D eigenvalue weighted by atomic mass is 16.2. The number of hydrogen-bond acceptors (Lipinski definition) is 5. The van der Waals surface area contributed by atoms with Crippen LogP contribution in [0.4, 0.5) is 11.4 Å². The summed E-state index contributed by atoms with van der Waals surface area (Å²) in [5.41, 5.74) is 1.88. The quantitative estimate of drug-likeness (QED) is 0.590. The maximum absolute atomic E-state index is 11.9. The van der Waals surface area contributed by atoms with E-state index in [1.807, 2.05) is 49.3 Å². The summed E-state index contributed by atoms with van der Waals surface area (Å²) >= 11 is 0. The van der Waals surface area contributed by atoms with Crippen LogP contribution in [0.1, 0.15) is 0 Å². The first kappa shape index (κ1) is 13.9. The van der Waals surface area contributed by atoms with E-state index in [1.165, 1.54) is 0 Å². The molecule has 1 heterocycles. The van der Waals surface area contributed by atoms with E-state index in [4.69, 9.17) is 5.26 Å². The average molecular weight is 272 g/mol. The van der Waals surface area contributed by atoms with Crippen LogP contribution >= 0.6 is 0 Å². The molecule has 1 aliphatic heterocycles. The highest BCUT2D eigenvalue weighted by molar-refractivity contribution is 6.03.